The first kappa shape index (κ1) is 21.5. The van der Waals surface area contributed by atoms with Crippen LogP contribution in [0.4, 0.5) is 11.4 Å². The molecule has 1 aliphatic carbocycles. The smallest absolute Gasteiger partial charge is 0.255 e. The summed E-state index contributed by atoms with van der Waals surface area (Å²) in [5.74, 6) is 0.560. The molecule has 0 spiro atoms. The van der Waals surface area contributed by atoms with E-state index in [9.17, 15) is 10.1 Å². The first-order chi connectivity index (χ1) is 15.5. The lowest BCUT2D eigenvalue weighted by Crippen LogP contribution is -2.29. The SMILES string of the molecule is CN(Cc1cnc(-c2ccc(C(=O)Nc3ccccc3N)cc2)c(C#N)c1)CC1CCC1. The van der Waals surface area contributed by atoms with Crippen molar-refractivity contribution in [3.63, 3.8) is 0 Å². The number of nitrogens with one attached hydrogen (secondary N) is 1. The lowest BCUT2D eigenvalue weighted by molar-refractivity contribution is 0.102. The quantitative estimate of drug-likeness (QED) is 0.536. The van der Waals surface area contributed by atoms with E-state index in [4.69, 9.17) is 5.73 Å². The minimum Gasteiger partial charge on any atom is -0.397 e. The Labute approximate surface area is 188 Å². The number of pyridine rings is 1. The Kier molecular flexibility index (Phi) is 6.48. The van der Waals surface area contributed by atoms with E-state index in [0.29, 0.717) is 28.2 Å². The number of anilines is 2. The second-order valence-corrected chi connectivity index (χ2v) is 8.46. The van der Waals surface area contributed by atoms with Gasteiger partial charge in [-0.05, 0) is 61.7 Å². The molecule has 32 heavy (non-hydrogen) atoms. The highest BCUT2D eigenvalue weighted by Crippen LogP contribution is 2.28. The van der Waals surface area contributed by atoms with Crippen LogP contribution in [0.5, 0.6) is 0 Å². The Morgan fingerprint density at radius 1 is 1.22 bits per heavy atom. The summed E-state index contributed by atoms with van der Waals surface area (Å²) in [6.45, 7) is 1.86. The fourth-order valence-electron chi connectivity index (χ4n) is 3.99. The third kappa shape index (κ3) is 4.96. The third-order valence-corrected chi connectivity index (χ3v) is 5.94. The van der Waals surface area contributed by atoms with Crippen LogP contribution in [-0.4, -0.2) is 29.4 Å². The number of amides is 1. The zero-order valence-electron chi connectivity index (χ0n) is 18.2. The summed E-state index contributed by atoms with van der Waals surface area (Å²) in [4.78, 5) is 19.4. The summed E-state index contributed by atoms with van der Waals surface area (Å²) in [6, 6.07) is 18.4. The van der Waals surface area contributed by atoms with Gasteiger partial charge in [-0.2, -0.15) is 5.26 Å². The summed E-state index contributed by atoms with van der Waals surface area (Å²) < 4.78 is 0. The van der Waals surface area contributed by atoms with Gasteiger partial charge in [-0.1, -0.05) is 30.7 Å². The monoisotopic (exact) mass is 425 g/mol. The van der Waals surface area contributed by atoms with Crippen LogP contribution in [0.3, 0.4) is 0 Å². The molecule has 6 nitrogen and oxygen atoms in total. The number of nitriles is 1. The molecule has 162 valence electrons. The molecule has 6 heteroatoms. The van der Waals surface area contributed by atoms with Crippen molar-refractivity contribution in [2.75, 3.05) is 24.6 Å². The van der Waals surface area contributed by atoms with Gasteiger partial charge in [0.05, 0.1) is 22.6 Å². The average Bonchev–Trinajstić information content (AvgIpc) is 2.78. The van der Waals surface area contributed by atoms with E-state index in [-0.39, 0.29) is 5.91 Å². The number of hydrogen-bond donors (Lipinski definition) is 2. The molecule has 2 aromatic carbocycles. The van der Waals surface area contributed by atoms with Crippen LogP contribution in [0, 0.1) is 17.2 Å². The second kappa shape index (κ2) is 9.63. The maximum Gasteiger partial charge on any atom is 0.255 e. The summed E-state index contributed by atoms with van der Waals surface area (Å²) >= 11 is 0. The van der Waals surface area contributed by atoms with Crippen molar-refractivity contribution < 1.29 is 4.79 Å². The molecule has 3 N–H and O–H groups in total. The molecule has 0 aliphatic heterocycles. The maximum absolute atomic E-state index is 12.5. The average molecular weight is 426 g/mol. The van der Waals surface area contributed by atoms with Crippen molar-refractivity contribution in [3.8, 4) is 17.3 Å². The maximum atomic E-state index is 12.5. The van der Waals surface area contributed by atoms with Crippen molar-refractivity contribution in [3.05, 3.63) is 77.5 Å². The molecule has 0 unspecified atom stereocenters. The Bertz CT molecular complexity index is 1150. The normalized spacial score (nSPS) is 13.4. The highest BCUT2D eigenvalue weighted by Gasteiger charge is 2.19. The molecule has 0 radical (unpaired) electrons. The Morgan fingerprint density at radius 3 is 2.62 bits per heavy atom. The van der Waals surface area contributed by atoms with E-state index in [0.717, 1.165) is 30.1 Å². The summed E-state index contributed by atoms with van der Waals surface area (Å²) in [5, 5.41) is 12.5. The predicted molar refractivity (Wildman–Crippen MR) is 127 cm³/mol. The fourth-order valence-corrected chi connectivity index (χ4v) is 3.99. The number of carbonyl (C=O) groups is 1. The van der Waals surface area contributed by atoms with Gasteiger partial charge in [0.15, 0.2) is 0 Å². The van der Waals surface area contributed by atoms with Gasteiger partial charge in [0.1, 0.15) is 6.07 Å². The molecule has 1 amide bonds. The van der Waals surface area contributed by atoms with Gasteiger partial charge < -0.3 is 16.0 Å². The van der Waals surface area contributed by atoms with Gasteiger partial charge in [-0.25, -0.2) is 0 Å². The number of carbonyl (C=O) groups excluding carboxylic acids is 1. The van der Waals surface area contributed by atoms with Crippen molar-refractivity contribution in [2.45, 2.75) is 25.8 Å². The van der Waals surface area contributed by atoms with Crippen LogP contribution in [0.25, 0.3) is 11.3 Å². The highest BCUT2D eigenvalue weighted by atomic mass is 16.1. The van der Waals surface area contributed by atoms with Crippen LogP contribution in [0.15, 0.2) is 60.8 Å². The number of nitrogens with zero attached hydrogens (tertiary/aromatic N) is 3. The third-order valence-electron chi connectivity index (χ3n) is 5.94. The molecule has 0 bridgehead atoms. The van der Waals surface area contributed by atoms with Crippen LogP contribution in [-0.2, 0) is 6.54 Å². The fraction of sp³-hybridized carbons (Fsp3) is 0.269. The molecule has 1 aliphatic rings. The Balaban J connectivity index is 1.46. The van der Waals surface area contributed by atoms with E-state index >= 15 is 0 Å². The largest absolute Gasteiger partial charge is 0.397 e. The number of hydrogen-bond acceptors (Lipinski definition) is 5. The number of nitrogen functional groups attached to an aromatic ring is 1. The minimum atomic E-state index is -0.243. The van der Waals surface area contributed by atoms with Crippen molar-refractivity contribution in [1.82, 2.24) is 9.88 Å². The van der Waals surface area contributed by atoms with E-state index in [2.05, 4.69) is 28.3 Å². The molecule has 4 rings (SSSR count). The standard InChI is InChI=1S/C26H27N5O/c1-31(16-18-5-4-6-18)17-19-13-22(14-27)25(29-15-19)20-9-11-21(12-10-20)26(32)30-24-8-3-2-7-23(24)28/h2-3,7-13,15,18H,4-6,16-17,28H2,1H3,(H,30,32). The molecule has 0 atom stereocenters. The first-order valence-corrected chi connectivity index (χ1v) is 10.9. The number of rotatable bonds is 7. The molecule has 3 aromatic rings. The summed E-state index contributed by atoms with van der Waals surface area (Å²) in [5.41, 5.74) is 10.5. The van der Waals surface area contributed by atoms with Crippen molar-refractivity contribution in [1.29, 1.82) is 5.26 Å². The molecule has 1 aromatic heterocycles. The lowest BCUT2D eigenvalue weighted by Gasteiger charge is -2.30. The summed E-state index contributed by atoms with van der Waals surface area (Å²) in [7, 11) is 2.12. The van der Waals surface area contributed by atoms with Crippen molar-refractivity contribution in [2.24, 2.45) is 5.92 Å². The van der Waals surface area contributed by atoms with Crippen LogP contribution in [0.2, 0.25) is 0 Å². The van der Waals surface area contributed by atoms with Gasteiger partial charge in [0.2, 0.25) is 0 Å². The minimum absolute atomic E-state index is 0.243. The van der Waals surface area contributed by atoms with Crippen LogP contribution in [0.1, 0.15) is 40.7 Å². The topological polar surface area (TPSA) is 95.0 Å². The van der Waals surface area contributed by atoms with Crippen LogP contribution < -0.4 is 11.1 Å². The zero-order chi connectivity index (χ0) is 22.5. The molecule has 1 heterocycles. The molecular weight excluding hydrogens is 398 g/mol. The van der Waals surface area contributed by atoms with Crippen LogP contribution >= 0.6 is 0 Å². The van der Waals surface area contributed by atoms with Gasteiger partial charge in [0, 0.05) is 30.4 Å². The zero-order valence-corrected chi connectivity index (χ0v) is 18.2. The molecule has 1 fully saturated rings. The Morgan fingerprint density at radius 2 is 1.97 bits per heavy atom. The van der Waals surface area contributed by atoms with Gasteiger partial charge in [-0.15, -0.1) is 0 Å². The first-order valence-electron chi connectivity index (χ1n) is 10.9. The van der Waals surface area contributed by atoms with E-state index in [1.54, 1.807) is 24.3 Å². The number of para-hydroxylation sites is 2. The van der Waals surface area contributed by atoms with Gasteiger partial charge in [-0.3, -0.25) is 9.78 Å². The van der Waals surface area contributed by atoms with E-state index < -0.39 is 0 Å². The van der Waals surface area contributed by atoms with E-state index in [1.165, 1.54) is 19.3 Å². The van der Waals surface area contributed by atoms with Crippen molar-refractivity contribution >= 4 is 17.3 Å². The highest BCUT2D eigenvalue weighted by molar-refractivity contribution is 6.05. The number of benzene rings is 2. The lowest BCUT2D eigenvalue weighted by atomic mass is 9.85. The number of nitrogens with two attached hydrogens (primary N) is 1. The Hall–Kier alpha value is -3.69. The second-order valence-electron chi connectivity index (χ2n) is 8.46. The van der Waals surface area contributed by atoms with Gasteiger partial charge in [0.25, 0.3) is 5.91 Å². The predicted octanol–water partition coefficient (Wildman–Crippen LogP) is 4.69. The molecular formula is C26H27N5O. The summed E-state index contributed by atoms with van der Waals surface area (Å²) in [6.07, 6.45) is 5.82. The number of aromatic nitrogens is 1. The molecule has 0 saturated heterocycles. The van der Waals surface area contributed by atoms with E-state index in [1.807, 2.05) is 36.5 Å². The van der Waals surface area contributed by atoms with Gasteiger partial charge >= 0.3 is 0 Å². The molecule has 1 saturated carbocycles.